The van der Waals surface area contributed by atoms with Gasteiger partial charge in [-0.3, -0.25) is 4.90 Å². The molecule has 0 bridgehead atoms. The molecule has 0 radical (unpaired) electrons. The fraction of sp³-hybridized carbons (Fsp3) is 0.538. The Hall–Kier alpha value is -1.22. The number of nitrogens with two attached hydrogens (primary N) is 1. The number of nitrogen functional groups attached to an aromatic ring is 1. The number of rotatable bonds is 3. The maximum Gasteiger partial charge on any atom is 0.0400 e. The van der Waals surface area contributed by atoms with Crippen LogP contribution in [0.3, 0.4) is 0 Å². The third-order valence-corrected chi connectivity index (χ3v) is 3.21. The highest BCUT2D eigenvalue weighted by Crippen LogP contribution is 2.19. The van der Waals surface area contributed by atoms with E-state index in [0.717, 1.165) is 17.9 Å². The highest BCUT2D eigenvalue weighted by molar-refractivity contribution is 5.54. The molecule has 1 aliphatic heterocycles. The summed E-state index contributed by atoms with van der Waals surface area (Å²) in [4.78, 5) is 2.50. The van der Waals surface area contributed by atoms with Gasteiger partial charge in [0.2, 0.25) is 0 Å². The van der Waals surface area contributed by atoms with E-state index >= 15 is 0 Å². The summed E-state index contributed by atoms with van der Waals surface area (Å²) in [6, 6.07) is 9.19. The standard InChI is InChI=1S/C13H21N3/c1-10(2)16-7-6-13(9-16)15-12-5-3-4-11(14)8-12/h3-5,8,10,13,15H,6-7,9,14H2,1-2H3. The third-order valence-electron chi connectivity index (χ3n) is 3.21. The van der Waals surface area contributed by atoms with Crippen LogP contribution in [0.15, 0.2) is 24.3 Å². The van der Waals surface area contributed by atoms with E-state index in [9.17, 15) is 0 Å². The second-order valence-electron chi connectivity index (χ2n) is 4.84. The second kappa shape index (κ2) is 4.74. The Morgan fingerprint density at radius 3 is 2.88 bits per heavy atom. The van der Waals surface area contributed by atoms with Gasteiger partial charge in [-0.25, -0.2) is 0 Å². The average molecular weight is 219 g/mol. The molecule has 0 spiro atoms. The lowest BCUT2D eigenvalue weighted by Gasteiger charge is -2.20. The van der Waals surface area contributed by atoms with Crippen LogP contribution in [0.4, 0.5) is 11.4 Å². The molecule has 16 heavy (non-hydrogen) atoms. The molecular formula is C13H21N3. The maximum absolute atomic E-state index is 5.76. The lowest BCUT2D eigenvalue weighted by atomic mass is 10.2. The number of benzene rings is 1. The van der Waals surface area contributed by atoms with E-state index in [0.29, 0.717) is 12.1 Å². The van der Waals surface area contributed by atoms with E-state index in [-0.39, 0.29) is 0 Å². The van der Waals surface area contributed by atoms with Crippen molar-refractivity contribution in [1.82, 2.24) is 4.90 Å². The van der Waals surface area contributed by atoms with Crippen LogP contribution in [0, 0.1) is 0 Å². The average Bonchev–Trinajstić information content (AvgIpc) is 2.66. The number of anilines is 2. The summed E-state index contributed by atoms with van der Waals surface area (Å²) < 4.78 is 0. The summed E-state index contributed by atoms with van der Waals surface area (Å²) >= 11 is 0. The molecule has 1 aliphatic rings. The quantitative estimate of drug-likeness (QED) is 0.765. The molecule has 0 amide bonds. The first-order valence-electron chi connectivity index (χ1n) is 6.01. The number of hydrogen-bond acceptors (Lipinski definition) is 3. The van der Waals surface area contributed by atoms with Crippen molar-refractivity contribution in [2.45, 2.75) is 32.4 Å². The molecule has 1 heterocycles. The highest BCUT2D eigenvalue weighted by Gasteiger charge is 2.23. The molecule has 1 aromatic carbocycles. The van der Waals surface area contributed by atoms with E-state index in [1.165, 1.54) is 13.0 Å². The zero-order chi connectivity index (χ0) is 11.5. The van der Waals surface area contributed by atoms with Gasteiger partial charge in [-0.1, -0.05) is 6.07 Å². The molecule has 1 atom stereocenters. The molecule has 1 saturated heterocycles. The van der Waals surface area contributed by atoms with Gasteiger partial charge in [0.25, 0.3) is 0 Å². The van der Waals surface area contributed by atoms with Gasteiger partial charge < -0.3 is 11.1 Å². The van der Waals surface area contributed by atoms with Gasteiger partial charge in [-0.15, -0.1) is 0 Å². The SMILES string of the molecule is CC(C)N1CCC(Nc2cccc(N)c2)C1. The van der Waals surface area contributed by atoms with Gasteiger partial charge in [0.15, 0.2) is 0 Å². The topological polar surface area (TPSA) is 41.3 Å². The summed E-state index contributed by atoms with van der Waals surface area (Å²) in [6.07, 6.45) is 1.22. The first-order chi connectivity index (χ1) is 7.65. The summed E-state index contributed by atoms with van der Waals surface area (Å²) in [5, 5.41) is 3.54. The molecule has 1 aromatic rings. The zero-order valence-electron chi connectivity index (χ0n) is 10.1. The summed E-state index contributed by atoms with van der Waals surface area (Å²) in [5.74, 6) is 0. The van der Waals surface area contributed by atoms with E-state index in [4.69, 9.17) is 5.73 Å². The van der Waals surface area contributed by atoms with Gasteiger partial charge in [-0.05, 0) is 38.5 Å². The van der Waals surface area contributed by atoms with Crippen LogP contribution < -0.4 is 11.1 Å². The first kappa shape index (κ1) is 11.3. The first-order valence-corrected chi connectivity index (χ1v) is 6.01. The third kappa shape index (κ3) is 2.67. The zero-order valence-corrected chi connectivity index (χ0v) is 10.1. The number of likely N-dealkylation sites (tertiary alicyclic amines) is 1. The molecule has 3 nitrogen and oxygen atoms in total. The Balaban J connectivity index is 1.92. The highest BCUT2D eigenvalue weighted by atomic mass is 15.2. The Morgan fingerprint density at radius 2 is 2.25 bits per heavy atom. The fourth-order valence-electron chi connectivity index (χ4n) is 2.24. The van der Waals surface area contributed by atoms with Crippen LogP contribution in [0.25, 0.3) is 0 Å². The van der Waals surface area contributed by atoms with E-state index < -0.39 is 0 Å². The summed E-state index contributed by atoms with van der Waals surface area (Å²) in [5.41, 5.74) is 7.72. The minimum absolute atomic E-state index is 0.559. The van der Waals surface area contributed by atoms with Crippen molar-refractivity contribution in [1.29, 1.82) is 0 Å². The van der Waals surface area contributed by atoms with Crippen LogP contribution in [0.5, 0.6) is 0 Å². The van der Waals surface area contributed by atoms with Crippen LogP contribution in [-0.4, -0.2) is 30.1 Å². The van der Waals surface area contributed by atoms with Crippen molar-refractivity contribution < 1.29 is 0 Å². The van der Waals surface area contributed by atoms with E-state index in [1.54, 1.807) is 0 Å². The van der Waals surface area contributed by atoms with Crippen LogP contribution in [-0.2, 0) is 0 Å². The van der Waals surface area contributed by atoms with Crippen molar-refractivity contribution in [3.63, 3.8) is 0 Å². The molecule has 2 rings (SSSR count). The smallest absolute Gasteiger partial charge is 0.0400 e. The van der Waals surface area contributed by atoms with Crippen LogP contribution in [0.1, 0.15) is 20.3 Å². The van der Waals surface area contributed by atoms with Gasteiger partial charge in [-0.2, -0.15) is 0 Å². The number of nitrogens with zero attached hydrogens (tertiary/aromatic N) is 1. The number of nitrogens with one attached hydrogen (secondary N) is 1. The predicted octanol–water partition coefficient (Wildman–Crippen LogP) is 2.16. The van der Waals surface area contributed by atoms with Gasteiger partial charge in [0.05, 0.1) is 0 Å². The Morgan fingerprint density at radius 1 is 1.44 bits per heavy atom. The molecule has 0 aliphatic carbocycles. The molecule has 1 fully saturated rings. The molecular weight excluding hydrogens is 198 g/mol. The van der Waals surface area contributed by atoms with Crippen molar-refractivity contribution in [3.05, 3.63) is 24.3 Å². The molecule has 0 saturated carbocycles. The van der Waals surface area contributed by atoms with Crippen LogP contribution >= 0.6 is 0 Å². The lowest BCUT2D eigenvalue weighted by Crippen LogP contribution is -2.31. The monoisotopic (exact) mass is 219 g/mol. The van der Waals surface area contributed by atoms with Crippen molar-refractivity contribution in [3.8, 4) is 0 Å². The Bertz CT molecular complexity index is 349. The molecule has 88 valence electrons. The predicted molar refractivity (Wildman–Crippen MR) is 69.6 cm³/mol. The number of hydrogen-bond donors (Lipinski definition) is 2. The van der Waals surface area contributed by atoms with E-state index in [1.807, 2.05) is 18.2 Å². The summed E-state index contributed by atoms with van der Waals surface area (Å²) in [7, 11) is 0. The van der Waals surface area contributed by atoms with Gasteiger partial charge in [0.1, 0.15) is 0 Å². The lowest BCUT2D eigenvalue weighted by molar-refractivity contribution is 0.274. The second-order valence-corrected chi connectivity index (χ2v) is 4.84. The van der Waals surface area contributed by atoms with Crippen molar-refractivity contribution >= 4 is 11.4 Å². The fourth-order valence-corrected chi connectivity index (χ4v) is 2.24. The minimum atomic E-state index is 0.559. The minimum Gasteiger partial charge on any atom is -0.399 e. The van der Waals surface area contributed by atoms with Gasteiger partial charge in [0, 0.05) is 36.5 Å². The molecule has 0 aromatic heterocycles. The molecule has 3 N–H and O–H groups in total. The molecule has 1 unspecified atom stereocenters. The summed E-state index contributed by atoms with van der Waals surface area (Å²) in [6.45, 7) is 6.83. The normalized spacial score (nSPS) is 21.6. The Labute approximate surface area is 97.6 Å². The van der Waals surface area contributed by atoms with Gasteiger partial charge >= 0.3 is 0 Å². The van der Waals surface area contributed by atoms with Crippen molar-refractivity contribution in [2.24, 2.45) is 0 Å². The van der Waals surface area contributed by atoms with Crippen LogP contribution in [0.2, 0.25) is 0 Å². The largest absolute Gasteiger partial charge is 0.399 e. The van der Waals surface area contributed by atoms with E-state index in [2.05, 4.69) is 30.1 Å². The maximum atomic E-state index is 5.76. The Kier molecular flexibility index (Phi) is 3.34. The molecule has 3 heteroatoms. The van der Waals surface area contributed by atoms with Crippen molar-refractivity contribution in [2.75, 3.05) is 24.1 Å².